The van der Waals surface area contributed by atoms with E-state index in [4.69, 9.17) is 11.6 Å². The van der Waals surface area contributed by atoms with Gasteiger partial charge in [-0.25, -0.2) is 4.98 Å². The molecule has 0 aromatic carbocycles. The lowest BCUT2D eigenvalue weighted by molar-refractivity contribution is 0.745. The molecule has 78 valence electrons. The molecule has 0 atom stereocenters. The maximum absolute atomic E-state index is 11.5. The number of hydrogen-bond donors (Lipinski definition) is 0. The van der Waals surface area contributed by atoms with Crippen molar-refractivity contribution in [2.24, 2.45) is 0 Å². The lowest BCUT2D eigenvalue weighted by Gasteiger charge is -2.01. The first kappa shape index (κ1) is 10.9. The van der Waals surface area contributed by atoms with E-state index in [0.717, 1.165) is 9.35 Å². The summed E-state index contributed by atoms with van der Waals surface area (Å²) in [6.07, 6.45) is 1.46. The molecular weight excluding hydrogens is 300 g/mol. The van der Waals surface area contributed by atoms with E-state index < -0.39 is 0 Å². The first-order valence-corrected chi connectivity index (χ1v) is 6.15. The van der Waals surface area contributed by atoms with E-state index in [1.807, 2.05) is 11.4 Å². The van der Waals surface area contributed by atoms with Crippen LogP contribution in [0.1, 0.15) is 4.88 Å². The van der Waals surface area contributed by atoms with Crippen LogP contribution in [0.4, 0.5) is 0 Å². The van der Waals surface area contributed by atoms with Gasteiger partial charge in [0.15, 0.2) is 0 Å². The van der Waals surface area contributed by atoms with Crippen molar-refractivity contribution in [3.63, 3.8) is 0 Å². The normalized spacial score (nSPS) is 10.5. The van der Waals surface area contributed by atoms with E-state index in [0.29, 0.717) is 6.54 Å². The second kappa shape index (κ2) is 4.47. The quantitative estimate of drug-likeness (QED) is 0.800. The maximum Gasteiger partial charge on any atom is 0.255 e. The Balaban J connectivity index is 2.28. The Morgan fingerprint density at radius 2 is 2.33 bits per heavy atom. The van der Waals surface area contributed by atoms with Crippen LogP contribution < -0.4 is 5.56 Å². The highest BCUT2D eigenvalue weighted by atomic mass is 79.9. The van der Waals surface area contributed by atoms with Gasteiger partial charge in [-0.1, -0.05) is 11.6 Å². The van der Waals surface area contributed by atoms with E-state index in [1.54, 1.807) is 11.3 Å². The highest BCUT2D eigenvalue weighted by Crippen LogP contribution is 2.20. The molecule has 0 saturated carbocycles. The summed E-state index contributed by atoms with van der Waals surface area (Å²) in [5, 5.41) is 2.20. The van der Waals surface area contributed by atoms with Crippen LogP contribution in [0.5, 0.6) is 0 Å². The van der Waals surface area contributed by atoms with E-state index >= 15 is 0 Å². The molecule has 0 N–H and O–H groups in total. The van der Waals surface area contributed by atoms with Crippen molar-refractivity contribution in [2.45, 2.75) is 6.54 Å². The van der Waals surface area contributed by atoms with E-state index in [-0.39, 0.29) is 10.7 Å². The number of rotatable bonds is 2. The lowest BCUT2D eigenvalue weighted by Crippen LogP contribution is -2.19. The Morgan fingerprint density at radius 1 is 1.53 bits per heavy atom. The topological polar surface area (TPSA) is 34.9 Å². The molecule has 0 unspecified atom stereocenters. The third-order valence-corrected chi connectivity index (χ3v) is 3.68. The molecule has 0 aliphatic carbocycles. The monoisotopic (exact) mass is 304 g/mol. The molecule has 0 spiro atoms. The summed E-state index contributed by atoms with van der Waals surface area (Å²) >= 11 is 10.5. The standard InChI is InChI=1S/C9H6BrClN2OS/c10-6-1-7(15-4-6)3-13-5-12-8(11)2-9(13)14/h1-2,4-5H,3H2. The van der Waals surface area contributed by atoms with Crippen LogP contribution in [-0.4, -0.2) is 9.55 Å². The Hall–Kier alpha value is -0.650. The largest absolute Gasteiger partial charge is 0.294 e. The van der Waals surface area contributed by atoms with Crippen molar-refractivity contribution in [1.29, 1.82) is 0 Å². The smallest absolute Gasteiger partial charge is 0.255 e. The van der Waals surface area contributed by atoms with Crippen LogP contribution in [0.3, 0.4) is 0 Å². The molecule has 6 heteroatoms. The predicted molar refractivity (Wildman–Crippen MR) is 64.6 cm³/mol. The summed E-state index contributed by atoms with van der Waals surface area (Å²) in [5.41, 5.74) is -0.139. The van der Waals surface area contributed by atoms with Crippen LogP contribution in [-0.2, 0) is 6.54 Å². The van der Waals surface area contributed by atoms with Crippen LogP contribution in [0.15, 0.2) is 33.1 Å². The highest BCUT2D eigenvalue weighted by Gasteiger charge is 2.01. The van der Waals surface area contributed by atoms with Gasteiger partial charge in [0.1, 0.15) is 5.15 Å². The van der Waals surface area contributed by atoms with Crippen LogP contribution in [0, 0.1) is 0 Å². The van der Waals surface area contributed by atoms with Gasteiger partial charge in [0.25, 0.3) is 5.56 Å². The van der Waals surface area contributed by atoms with Crippen LogP contribution in [0.25, 0.3) is 0 Å². The zero-order valence-electron chi connectivity index (χ0n) is 7.48. The molecular formula is C9H6BrClN2OS. The third kappa shape index (κ3) is 2.68. The summed E-state index contributed by atoms with van der Waals surface area (Å²) in [6, 6.07) is 3.29. The first-order chi connectivity index (χ1) is 7.15. The van der Waals surface area contributed by atoms with Gasteiger partial charge in [0.05, 0.1) is 12.9 Å². The van der Waals surface area contributed by atoms with Gasteiger partial charge < -0.3 is 0 Å². The molecule has 2 aromatic rings. The minimum absolute atomic E-state index is 0.139. The van der Waals surface area contributed by atoms with Gasteiger partial charge in [0.2, 0.25) is 0 Å². The zero-order valence-corrected chi connectivity index (χ0v) is 10.6. The fourth-order valence-electron chi connectivity index (χ4n) is 1.13. The second-order valence-corrected chi connectivity index (χ2v) is 5.21. The molecule has 0 saturated heterocycles. The number of hydrogen-bond acceptors (Lipinski definition) is 3. The number of thiophene rings is 1. The van der Waals surface area contributed by atoms with E-state index in [9.17, 15) is 4.79 Å². The number of nitrogens with zero attached hydrogens (tertiary/aromatic N) is 2. The van der Waals surface area contributed by atoms with Crippen LogP contribution >= 0.6 is 38.9 Å². The van der Waals surface area contributed by atoms with Crippen molar-refractivity contribution >= 4 is 38.9 Å². The van der Waals surface area contributed by atoms with Gasteiger partial charge in [-0.2, -0.15) is 0 Å². The van der Waals surface area contributed by atoms with E-state index in [2.05, 4.69) is 20.9 Å². The first-order valence-electron chi connectivity index (χ1n) is 4.10. The summed E-state index contributed by atoms with van der Waals surface area (Å²) < 4.78 is 2.54. The molecule has 15 heavy (non-hydrogen) atoms. The molecule has 0 bridgehead atoms. The van der Waals surface area contributed by atoms with E-state index in [1.165, 1.54) is 17.0 Å². The highest BCUT2D eigenvalue weighted by molar-refractivity contribution is 9.10. The van der Waals surface area contributed by atoms with Gasteiger partial charge in [-0.3, -0.25) is 9.36 Å². The van der Waals surface area contributed by atoms with Crippen molar-refractivity contribution < 1.29 is 0 Å². The van der Waals surface area contributed by atoms with Gasteiger partial charge >= 0.3 is 0 Å². The molecule has 0 aliphatic rings. The molecule has 0 aliphatic heterocycles. The van der Waals surface area contributed by atoms with Gasteiger partial charge in [-0.05, 0) is 22.0 Å². The Bertz CT molecular complexity index is 537. The Morgan fingerprint density at radius 3 is 2.93 bits per heavy atom. The van der Waals surface area contributed by atoms with Crippen molar-refractivity contribution in [1.82, 2.24) is 9.55 Å². The van der Waals surface area contributed by atoms with Crippen molar-refractivity contribution in [3.8, 4) is 0 Å². The lowest BCUT2D eigenvalue weighted by atomic mass is 10.4. The summed E-state index contributed by atoms with van der Waals surface area (Å²) in [6.45, 7) is 0.527. The zero-order chi connectivity index (χ0) is 10.8. The average Bonchev–Trinajstić information content (AvgIpc) is 2.56. The van der Waals surface area contributed by atoms with Crippen molar-refractivity contribution in [2.75, 3.05) is 0 Å². The second-order valence-electron chi connectivity index (χ2n) is 2.91. The summed E-state index contributed by atoms with van der Waals surface area (Å²) in [7, 11) is 0. The molecule has 2 aromatic heterocycles. The van der Waals surface area contributed by atoms with Crippen molar-refractivity contribution in [3.05, 3.63) is 48.7 Å². The predicted octanol–water partition coefficient (Wildman–Crippen LogP) is 2.77. The number of halogens is 2. The minimum atomic E-state index is -0.139. The molecule has 3 nitrogen and oxygen atoms in total. The molecule has 0 fully saturated rings. The minimum Gasteiger partial charge on any atom is -0.294 e. The Kier molecular flexibility index (Phi) is 3.23. The molecule has 2 heterocycles. The van der Waals surface area contributed by atoms with Gasteiger partial charge in [-0.15, -0.1) is 11.3 Å². The maximum atomic E-state index is 11.5. The fraction of sp³-hybridized carbons (Fsp3) is 0.111. The molecule has 2 rings (SSSR count). The SMILES string of the molecule is O=c1cc(Cl)ncn1Cc1cc(Br)cs1. The van der Waals surface area contributed by atoms with Crippen LogP contribution in [0.2, 0.25) is 5.15 Å². The summed E-state index contributed by atoms with van der Waals surface area (Å²) in [4.78, 5) is 16.4. The number of aromatic nitrogens is 2. The Labute approximate surface area is 103 Å². The fourth-order valence-corrected chi connectivity index (χ4v) is 2.71. The molecule has 0 radical (unpaired) electrons. The average molecular weight is 306 g/mol. The van der Waals surface area contributed by atoms with Gasteiger partial charge in [0, 0.05) is 20.8 Å². The molecule has 0 amide bonds. The summed E-state index contributed by atoms with van der Waals surface area (Å²) in [5.74, 6) is 0. The third-order valence-electron chi connectivity index (χ3n) is 1.79.